The molecule has 2 aromatic rings. The molecule has 32 heavy (non-hydrogen) atoms. The highest BCUT2D eigenvalue weighted by Crippen LogP contribution is 2.26. The number of amides is 2. The lowest BCUT2D eigenvalue weighted by atomic mass is 10.0. The molecule has 8 heteroatoms. The lowest BCUT2D eigenvalue weighted by Gasteiger charge is -2.35. The Kier molecular flexibility index (Phi) is 8.08. The molecule has 0 bridgehead atoms. The summed E-state index contributed by atoms with van der Waals surface area (Å²) in [7, 11) is 5.52. The highest BCUT2D eigenvalue weighted by molar-refractivity contribution is 6.39. The summed E-state index contributed by atoms with van der Waals surface area (Å²) in [5, 5.41) is 5.45. The monoisotopic (exact) mass is 440 g/mol. The predicted octanol–water partition coefficient (Wildman–Crippen LogP) is 2.20. The molecule has 1 aliphatic rings. The van der Waals surface area contributed by atoms with E-state index in [4.69, 9.17) is 9.47 Å². The Balaban J connectivity index is 1.69. The van der Waals surface area contributed by atoms with Gasteiger partial charge in [0.1, 0.15) is 5.75 Å². The maximum atomic E-state index is 12.6. The SMILES string of the molecule is COc1ccc(C)cc1NC(=O)C(=O)NC[C@@H](c1ccc(N(C)C)cc1)N1CCOCC1. The van der Waals surface area contributed by atoms with E-state index in [0.29, 0.717) is 31.2 Å². The second-order valence-electron chi connectivity index (χ2n) is 8.02. The minimum absolute atomic E-state index is 0.0552. The molecule has 1 aliphatic heterocycles. The Morgan fingerprint density at radius 1 is 1.09 bits per heavy atom. The molecule has 1 heterocycles. The van der Waals surface area contributed by atoms with Crippen LogP contribution in [-0.2, 0) is 14.3 Å². The van der Waals surface area contributed by atoms with Crippen LogP contribution in [0.3, 0.4) is 0 Å². The van der Waals surface area contributed by atoms with E-state index in [0.717, 1.165) is 29.9 Å². The third-order valence-corrected chi connectivity index (χ3v) is 5.55. The van der Waals surface area contributed by atoms with Crippen LogP contribution in [0.25, 0.3) is 0 Å². The van der Waals surface area contributed by atoms with Crippen LogP contribution in [-0.4, -0.2) is 70.8 Å². The van der Waals surface area contributed by atoms with Gasteiger partial charge in [-0.2, -0.15) is 0 Å². The van der Waals surface area contributed by atoms with Gasteiger partial charge in [-0.05, 0) is 42.3 Å². The van der Waals surface area contributed by atoms with E-state index in [1.807, 2.05) is 32.0 Å². The normalized spacial score (nSPS) is 15.0. The second-order valence-corrected chi connectivity index (χ2v) is 8.02. The van der Waals surface area contributed by atoms with Gasteiger partial charge in [0.25, 0.3) is 0 Å². The van der Waals surface area contributed by atoms with Crippen LogP contribution in [0.15, 0.2) is 42.5 Å². The third-order valence-electron chi connectivity index (χ3n) is 5.55. The third kappa shape index (κ3) is 5.99. The van der Waals surface area contributed by atoms with Gasteiger partial charge in [0.15, 0.2) is 0 Å². The number of carbonyl (C=O) groups excluding carboxylic acids is 2. The fourth-order valence-corrected chi connectivity index (χ4v) is 3.71. The number of hydrogen-bond acceptors (Lipinski definition) is 6. The fourth-order valence-electron chi connectivity index (χ4n) is 3.71. The second kappa shape index (κ2) is 11.0. The molecule has 2 amide bonds. The zero-order valence-electron chi connectivity index (χ0n) is 19.2. The Hall–Kier alpha value is -3.10. The highest BCUT2D eigenvalue weighted by atomic mass is 16.5. The molecule has 1 fully saturated rings. The van der Waals surface area contributed by atoms with Crippen molar-refractivity contribution < 1.29 is 19.1 Å². The molecule has 0 spiro atoms. The molecule has 3 rings (SSSR count). The van der Waals surface area contributed by atoms with Crippen LogP contribution in [0, 0.1) is 6.92 Å². The average Bonchev–Trinajstić information content (AvgIpc) is 2.80. The molecule has 8 nitrogen and oxygen atoms in total. The van der Waals surface area contributed by atoms with Gasteiger partial charge in [-0.25, -0.2) is 0 Å². The zero-order chi connectivity index (χ0) is 23.1. The maximum absolute atomic E-state index is 12.6. The first-order valence-electron chi connectivity index (χ1n) is 10.7. The summed E-state index contributed by atoms with van der Waals surface area (Å²) in [5.41, 5.74) is 3.61. The number of anilines is 2. The Morgan fingerprint density at radius 2 is 1.78 bits per heavy atom. The quantitative estimate of drug-likeness (QED) is 0.643. The van der Waals surface area contributed by atoms with Crippen LogP contribution < -0.4 is 20.3 Å². The van der Waals surface area contributed by atoms with Crippen molar-refractivity contribution in [3.05, 3.63) is 53.6 Å². The molecular weight excluding hydrogens is 408 g/mol. The van der Waals surface area contributed by atoms with Crippen LogP contribution in [0.2, 0.25) is 0 Å². The van der Waals surface area contributed by atoms with E-state index < -0.39 is 11.8 Å². The number of methoxy groups -OCH3 is 1. The van der Waals surface area contributed by atoms with Crippen molar-refractivity contribution >= 4 is 23.2 Å². The van der Waals surface area contributed by atoms with Crippen molar-refractivity contribution in [3.8, 4) is 5.75 Å². The average molecular weight is 441 g/mol. The molecule has 0 radical (unpaired) electrons. The number of rotatable bonds is 7. The van der Waals surface area contributed by atoms with Crippen molar-refractivity contribution in [2.75, 3.05) is 64.3 Å². The van der Waals surface area contributed by atoms with Gasteiger partial charge in [-0.3, -0.25) is 14.5 Å². The Morgan fingerprint density at radius 3 is 2.41 bits per heavy atom. The molecule has 0 unspecified atom stereocenters. The van der Waals surface area contributed by atoms with Crippen molar-refractivity contribution in [1.82, 2.24) is 10.2 Å². The van der Waals surface area contributed by atoms with Crippen molar-refractivity contribution in [1.29, 1.82) is 0 Å². The van der Waals surface area contributed by atoms with Crippen LogP contribution in [0.4, 0.5) is 11.4 Å². The van der Waals surface area contributed by atoms with Gasteiger partial charge in [0.05, 0.1) is 32.1 Å². The van der Waals surface area contributed by atoms with E-state index in [2.05, 4.69) is 39.8 Å². The smallest absolute Gasteiger partial charge is 0.313 e. The van der Waals surface area contributed by atoms with Crippen molar-refractivity contribution in [2.24, 2.45) is 0 Å². The molecule has 0 aromatic heterocycles. The molecule has 2 aromatic carbocycles. The number of nitrogens with zero attached hydrogens (tertiary/aromatic N) is 2. The molecule has 2 N–H and O–H groups in total. The number of ether oxygens (including phenoxy) is 2. The van der Waals surface area contributed by atoms with Gasteiger partial charge < -0.3 is 25.0 Å². The number of carbonyl (C=O) groups is 2. The number of hydrogen-bond donors (Lipinski definition) is 2. The first-order valence-corrected chi connectivity index (χ1v) is 10.7. The summed E-state index contributed by atoms with van der Waals surface area (Å²) in [6, 6.07) is 13.6. The zero-order valence-corrected chi connectivity index (χ0v) is 19.2. The van der Waals surface area contributed by atoms with E-state index in [1.165, 1.54) is 7.11 Å². The molecule has 0 saturated carbocycles. The van der Waals surface area contributed by atoms with Gasteiger partial charge >= 0.3 is 11.8 Å². The van der Waals surface area contributed by atoms with E-state index in [1.54, 1.807) is 12.1 Å². The van der Waals surface area contributed by atoms with Gasteiger partial charge in [-0.1, -0.05) is 18.2 Å². The van der Waals surface area contributed by atoms with Gasteiger partial charge in [0, 0.05) is 39.4 Å². The minimum Gasteiger partial charge on any atom is -0.495 e. The summed E-state index contributed by atoms with van der Waals surface area (Å²) in [5.74, 6) is -0.904. The number of aryl methyl sites for hydroxylation is 1. The van der Waals surface area contributed by atoms with Crippen LogP contribution in [0.5, 0.6) is 5.75 Å². The highest BCUT2D eigenvalue weighted by Gasteiger charge is 2.25. The van der Waals surface area contributed by atoms with Crippen molar-refractivity contribution in [2.45, 2.75) is 13.0 Å². The van der Waals surface area contributed by atoms with E-state index in [-0.39, 0.29) is 6.04 Å². The predicted molar refractivity (Wildman–Crippen MR) is 125 cm³/mol. The summed E-state index contributed by atoms with van der Waals surface area (Å²) < 4.78 is 10.8. The summed E-state index contributed by atoms with van der Waals surface area (Å²) in [4.78, 5) is 29.4. The van der Waals surface area contributed by atoms with Gasteiger partial charge in [-0.15, -0.1) is 0 Å². The van der Waals surface area contributed by atoms with Crippen LogP contribution in [0.1, 0.15) is 17.2 Å². The summed E-state index contributed by atoms with van der Waals surface area (Å²) >= 11 is 0. The molecule has 0 aliphatic carbocycles. The topological polar surface area (TPSA) is 83.1 Å². The number of morpholine rings is 1. The minimum atomic E-state index is -0.724. The van der Waals surface area contributed by atoms with E-state index >= 15 is 0 Å². The summed E-state index contributed by atoms with van der Waals surface area (Å²) in [6.45, 7) is 5.05. The number of nitrogens with one attached hydrogen (secondary N) is 2. The Bertz CT molecular complexity index is 924. The fraction of sp³-hybridized carbons (Fsp3) is 0.417. The van der Waals surface area contributed by atoms with Gasteiger partial charge in [0.2, 0.25) is 0 Å². The lowest BCUT2D eigenvalue weighted by molar-refractivity contribution is -0.136. The maximum Gasteiger partial charge on any atom is 0.313 e. The standard InChI is InChI=1S/C24H32N4O4/c1-17-5-10-22(31-4)20(15-17)26-24(30)23(29)25-16-21(28-11-13-32-14-12-28)18-6-8-19(9-7-18)27(2)3/h5-10,15,21H,11-14,16H2,1-4H3,(H,25,29)(H,26,30)/t21-/m0/s1. The van der Waals surface area contributed by atoms with E-state index in [9.17, 15) is 9.59 Å². The molecule has 1 atom stereocenters. The van der Waals surface area contributed by atoms with Crippen molar-refractivity contribution in [3.63, 3.8) is 0 Å². The first-order chi connectivity index (χ1) is 15.4. The molecular formula is C24H32N4O4. The Labute approximate surface area is 189 Å². The molecule has 1 saturated heterocycles. The molecule has 172 valence electrons. The van der Waals surface area contributed by atoms with Crippen LogP contribution >= 0.6 is 0 Å². The largest absolute Gasteiger partial charge is 0.495 e. The first kappa shape index (κ1) is 23.6. The lowest BCUT2D eigenvalue weighted by Crippen LogP contribution is -2.45. The summed E-state index contributed by atoms with van der Waals surface area (Å²) in [6.07, 6.45) is 0. The number of benzene rings is 2.